The Labute approximate surface area is 119 Å². The van der Waals surface area contributed by atoms with E-state index in [2.05, 4.69) is 21.2 Å². The van der Waals surface area contributed by atoms with Gasteiger partial charge < -0.3 is 14.8 Å². The molecule has 1 aromatic rings. The molecule has 0 aromatic heterocycles. The Morgan fingerprint density at radius 2 is 2.05 bits per heavy atom. The predicted molar refractivity (Wildman–Crippen MR) is 74.2 cm³/mol. The van der Waals surface area contributed by atoms with Crippen molar-refractivity contribution < 1.29 is 14.4 Å². The van der Waals surface area contributed by atoms with Crippen LogP contribution in [0.4, 0.5) is 11.4 Å². The van der Waals surface area contributed by atoms with E-state index >= 15 is 0 Å². The van der Waals surface area contributed by atoms with Gasteiger partial charge in [0.25, 0.3) is 5.69 Å². The van der Waals surface area contributed by atoms with Gasteiger partial charge in [-0.1, -0.05) is 0 Å². The highest BCUT2D eigenvalue weighted by Crippen LogP contribution is 2.28. The molecule has 6 nitrogen and oxygen atoms in total. The second kappa shape index (κ2) is 5.44. The number of hydrogen-bond acceptors (Lipinski definition) is 5. The molecule has 1 N–H and O–H groups in total. The summed E-state index contributed by atoms with van der Waals surface area (Å²) >= 11 is 3.15. The van der Waals surface area contributed by atoms with Gasteiger partial charge in [-0.25, -0.2) is 0 Å². The maximum Gasteiger partial charge on any atom is 0.285 e. The Morgan fingerprint density at radius 3 is 2.63 bits per heavy atom. The van der Waals surface area contributed by atoms with Gasteiger partial charge in [-0.05, 0) is 41.9 Å². The van der Waals surface area contributed by atoms with Crippen LogP contribution in [0.5, 0.6) is 0 Å². The van der Waals surface area contributed by atoms with Gasteiger partial charge in [0.15, 0.2) is 5.79 Å². The van der Waals surface area contributed by atoms with Crippen LogP contribution in [0.2, 0.25) is 0 Å². The molecule has 1 saturated heterocycles. The lowest BCUT2D eigenvalue weighted by molar-refractivity contribution is -0.385. The van der Waals surface area contributed by atoms with Crippen LogP contribution in [0, 0.1) is 10.1 Å². The Kier molecular flexibility index (Phi) is 4.07. The Morgan fingerprint density at radius 1 is 1.42 bits per heavy atom. The third-order valence-electron chi connectivity index (χ3n) is 2.78. The molecule has 1 heterocycles. The summed E-state index contributed by atoms with van der Waals surface area (Å²) in [5.41, 5.74) is 0.704. The summed E-state index contributed by atoms with van der Waals surface area (Å²) in [4.78, 5) is 10.4. The van der Waals surface area contributed by atoms with Crippen molar-refractivity contribution in [3.05, 3.63) is 32.8 Å². The minimum Gasteiger partial charge on any atom is -0.377 e. The van der Waals surface area contributed by atoms with Crippen molar-refractivity contribution in [2.24, 2.45) is 0 Å². The first-order valence-corrected chi connectivity index (χ1v) is 6.65. The van der Waals surface area contributed by atoms with E-state index in [9.17, 15) is 10.1 Å². The fraction of sp³-hybridized carbons (Fsp3) is 0.500. The van der Waals surface area contributed by atoms with Crippen LogP contribution >= 0.6 is 15.9 Å². The number of rotatable bonds is 3. The lowest BCUT2D eigenvalue weighted by atomic mass is 10.2. The zero-order valence-electron chi connectivity index (χ0n) is 10.7. The number of anilines is 1. The SMILES string of the molecule is CC1(C)OCC(Nc2ccc(Br)c([N+](=O)[O-])c2)CO1. The minimum atomic E-state index is -0.566. The number of nitrogens with one attached hydrogen (secondary N) is 1. The molecule has 1 fully saturated rings. The summed E-state index contributed by atoms with van der Waals surface area (Å²) in [7, 11) is 0. The van der Waals surface area contributed by atoms with E-state index in [1.807, 2.05) is 13.8 Å². The van der Waals surface area contributed by atoms with Crippen LogP contribution in [0.15, 0.2) is 22.7 Å². The summed E-state index contributed by atoms with van der Waals surface area (Å²) in [6.45, 7) is 4.70. The van der Waals surface area contributed by atoms with Gasteiger partial charge in [-0.3, -0.25) is 10.1 Å². The lowest BCUT2D eigenvalue weighted by Crippen LogP contribution is -2.45. The Hall–Kier alpha value is -1.18. The van der Waals surface area contributed by atoms with Crippen LogP contribution in [-0.4, -0.2) is 30.0 Å². The third kappa shape index (κ3) is 3.65. The lowest BCUT2D eigenvalue weighted by Gasteiger charge is -2.35. The van der Waals surface area contributed by atoms with Crippen LogP contribution < -0.4 is 5.32 Å². The third-order valence-corrected chi connectivity index (χ3v) is 3.45. The van der Waals surface area contributed by atoms with Crippen molar-refractivity contribution in [3.8, 4) is 0 Å². The van der Waals surface area contributed by atoms with E-state index in [0.29, 0.717) is 23.4 Å². The number of hydrogen-bond donors (Lipinski definition) is 1. The topological polar surface area (TPSA) is 73.6 Å². The molecule has 0 bridgehead atoms. The number of nitro benzene ring substituents is 1. The first kappa shape index (κ1) is 14.2. The predicted octanol–water partition coefficient (Wildman–Crippen LogP) is 2.92. The summed E-state index contributed by atoms with van der Waals surface area (Å²) in [6.07, 6.45) is 0. The number of ether oxygens (including phenoxy) is 2. The Bertz CT molecular complexity index is 483. The van der Waals surface area contributed by atoms with Gasteiger partial charge in [0.05, 0.1) is 28.7 Å². The molecule has 0 amide bonds. The molecule has 0 spiro atoms. The van der Waals surface area contributed by atoms with E-state index in [-0.39, 0.29) is 11.7 Å². The van der Waals surface area contributed by atoms with Gasteiger partial charge in [0.2, 0.25) is 0 Å². The quantitative estimate of drug-likeness (QED) is 0.681. The van der Waals surface area contributed by atoms with E-state index in [4.69, 9.17) is 9.47 Å². The average Bonchev–Trinajstić information content (AvgIpc) is 2.34. The first-order chi connectivity index (χ1) is 8.87. The Balaban J connectivity index is 2.04. The molecule has 7 heteroatoms. The van der Waals surface area contributed by atoms with Crippen LogP contribution in [0.1, 0.15) is 13.8 Å². The van der Waals surface area contributed by atoms with Crippen LogP contribution in [0.25, 0.3) is 0 Å². The van der Waals surface area contributed by atoms with Gasteiger partial charge in [-0.2, -0.15) is 0 Å². The second-order valence-corrected chi connectivity index (χ2v) is 5.64. The maximum absolute atomic E-state index is 10.8. The van der Waals surface area contributed by atoms with Gasteiger partial charge in [0.1, 0.15) is 0 Å². The summed E-state index contributed by atoms with van der Waals surface area (Å²) in [5.74, 6) is -0.566. The molecule has 0 aliphatic carbocycles. The van der Waals surface area contributed by atoms with E-state index in [1.54, 1.807) is 12.1 Å². The molecule has 1 aliphatic heterocycles. The van der Waals surface area contributed by atoms with Crippen molar-refractivity contribution in [1.29, 1.82) is 0 Å². The number of halogens is 1. The molecular formula is C12H15BrN2O4. The monoisotopic (exact) mass is 330 g/mol. The molecule has 19 heavy (non-hydrogen) atoms. The fourth-order valence-corrected chi connectivity index (χ4v) is 2.15. The van der Waals surface area contributed by atoms with Gasteiger partial charge >= 0.3 is 0 Å². The zero-order chi connectivity index (χ0) is 14.0. The smallest absolute Gasteiger partial charge is 0.285 e. The molecule has 0 saturated carbocycles. The van der Waals surface area contributed by atoms with Gasteiger partial charge in [0, 0.05) is 11.8 Å². The minimum absolute atomic E-state index is 0.0196. The van der Waals surface area contributed by atoms with Crippen molar-refractivity contribution in [2.45, 2.75) is 25.7 Å². The maximum atomic E-state index is 10.8. The molecule has 2 rings (SSSR count). The number of nitrogens with zero attached hydrogens (tertiary/aromatic N) is 1. The van der Waals surface area contributed by atoms with Crippen LogP contribution in [0.3, 0.4) is 0 Å². The standard InChI is InChI=1S/C12H15BrN2O4/c1-12(2)18-6-9(7-19-12)14-8-3-4-10(13)11(5-8)15(16)17/h3-5,9,14H,6-7H2,1-2H3. The molecule has 1 aliphatic rings. The van der Waals surface area contributed by atoms with Crippen molar-refractivity contribution in [3.63, 3.8) is 0 Å². The first-order valence-electron chi connectivity index (χ1n) is 5.86. The van der Waals surface area contributed by atoms with E-state index in [0.717, 1.165) is 0 Å². The summed E-state index contributed by atoms with van der Waals surface area (Å²) in [6, 6.07) is 4.89. The molecule has 0 unspecified atom stereocenters. The highest BCUT2D eigenvalue weighted by Gasteiger charge is 2.28. The highest BCUT2D eigenvalue weighted by atomic mass is 79.9. The molecule has 0 atom stereocenters. The molecule has 1 aromatic carbocycles. The van der Waals surface area contributed by atoms with Crippen LogP contribution in [-0.2, 0) is 9.47 Å². The van der Waals surface area contributed by atoms with Gasteiger partial charge in [-0.15, -0.1) is 0 Å². The number of benzene rings is 1. The fourth-order valence-electron chi connectivity index (χ4n) is 1.75. The normalized spacial score (nSPS) is 19.1. The summed E-state index contributed by atoms with van der Waals surface area (Å²) < 4.78 is 11.5. The highest BCUT2D eigenvalue weighted by molar-refractivity contribution is 9.10. The molecule has 0 radical (unpaired) electrons. The van der Waals surface area contributed by atoms with Crippen molar-refractivity contribution in [2.75, 3.05) is 18.5 Å². The van der Waals surface area contributed by atoms with E-state index in [1.165, 1.54) is 6.07 Å². The summed E-state index contributed by atoms with van der Waals surface area (Å²) in [5, 5.41) is 14.0. The zero-order valence-corrected chi connectivity index (χ0v) is 12.3. The van der Waals surface area contributed by atoms with E-state index < -0.39 is 10.7 Å². The number of nitro groups is 1. The largest absolute Gasteiger partial charge is 0.377 e. The molecule has 104 valence electrons. The van der Waals surface area contributed by atoms with Crippen molar-refractivity contribution >= 4 is 27.3 Å². The van der Waals surface area contributed by atoms with Crippen molar-refractivity contribution in [1.82, 2.24) is 0 Å². The molecular weight excluding hydrogens is 316 g/mol. The second-order valence-electron chi connectivity index (χ2n) is 4.79. The average molecular weight is 331 g/mol.